The van der Waals surface area contributed by atoms with Crippen LogP contribution in [-0.4, -0.2) is 62.9 Å². The van der Waals surface area contributed by atoms with Crippen molar-refractivity contribution in [2.45, 2.75) is 51.2 Å². The quantitative estimate of drug-likeness (QED) is 0.819. The van der Waals surface area contributed by atoms with E-state index in [1.165, 1.54) is 10.9 Å². The third-order valence-corrected chi connectivity index (χ3v) is 5.57. The van der Waals surface area contributed by atoms with E-state index in [0.29, 0.717) is 43.2 Å². The number of amides is 2. The molecule has 0 aliphatic carbocycles. The first kappa shape index (κ1) is 18.0. The molecule has 0 aromatic carbocycles. The van der Waals surface area contributed by atoms with Crippen LogP contribution in [0.2, 0.25) is 5.02 Å². The lowest BCUT2D eigenvalue weighted by atomic mass is 9.90. The molecule has 1 atom stereocenters. The number of hydrogen-bond acceptors (Lipinski definition) is 4. The lowest BCUT2D eigenvalue weighted by Gasteiger charge is -2.37. The van der Waals surface area contributed by atoms with Gasteiger partial charge in [0, 0.05) is 39.0 Å². The Morgan fingerprint density at radius 3 is 2.68 bits per heavy atom. The van der Waals surface area contributed by atoms with Gasteiger partial charge in [0.05, 0.1) is 17.8 Å². The average Bonchev–Trinajstić information content (AvgIpc) is 3.07. The van der Waals surface area contributed by atoms with Gasteiger partial charge < -0.3 is 14.5 Å². The molecule has 7 nitrogen and oxygen atoms in total. The Bertz CT molecular complexity index is 647. The summed E-state index contributed by atoms with van der Waals surface area (Å²) in [6.07, 6.45) is 4.55. The standard InChI is InChI=1S/C17H25ClN4O3/c1-4-5-12(2)22-11-17(25-16(22)24)6-8-21(9-7-17)15(23)14-13(18)10-19-20(14)3/h10,12H,4-9,11H2,1-3H3/t12-/m1/s1. The fourth-order valence-corrected chi connectivity index (χ4v) is 3.99. The van der Waals surface area contributed by atoms with Gasteiger partial charge in [-0.25, -0.2) is 4.79 Å². The predicted octanol–water partition coefficient (Wildman–Crippen LogP) is 2.69. The van der Waals surface area contributed by atoms with Crippen molar-refractivity contribution in [1.29, 1.82) is 0 Å². The molecule has 138 valence electrons. The van der Waals surface area contributed by atoms with E-state index >= 15 is 0 Å². The van der Waals surface area contributed by atoms with Crippen molar-refractivity contribution in [1.82, 2.24) is 19.6 Å². The zero-order chi connectivity index (χ0) is 18.2. The molecule has 0 saturated carbocycles. The molecule has 2 aliphatic heterocycles. The minimum Gasteiger partial charge on any atom is -0.441 e. The van der Waals surface area contributed by atoms with Crippen LogP contribution in [0.15, 0.2) is 6.20 Å². The van der Waals surface area contributed by atoms with Crippen molar-refractivity contribution in [2.24, 2.45) is 7.05 Å². The van der Waals surface area contributed by atoms with Gasteiger partial charge in [0.2, 0.25) is 0 Å². The second-order valence-corrected chi connectivity index (χ2v) is 7.48. The van der Waals surface area contributed by atoms with E-state index in [9.17, 15) is 9.59 Å². The Morgan fingerprint density at radius 2 is 2.12 bits per heavy atom. The topological polar surface area (TPSA) is 67.7 Å². The van der Waals surface area contributed by atoms with Crippen LogP contribution in [0.5, 0.6) is 0 Å². The normalized spacial score (nSPS) is 20.9. The molecule has 8 heteroatoms. The van der Waals surface area contributed by atoms with Gasteiger partial charge in [-0.1, -0.05) is 24.9 Å². The zero-order valence-corrected chi connectivity index (χ0v) is 15.8. The fourth-order valence-electron chi connectivity index (χ4n) is 3.74. The highest BCUT2D eigenvalue weighted by atomic mass is 35.5. The molecule has 0 N–H and O–H groups in total. The van der Waals surface area contributed by atoms with Crippen LogP contribution >= 0.6 is 11.6 Å². The maximum Gasteiger partial charge on any atom is 0.410 e. The van der Waals surface area contributed by atoms with Crippen molar-refractivity contribution < 1.29 is 14.3 Å². The van der Waals surface area contributed by atoms with Crippen molar-refractivity contribution in [3.63, 3.8) is 0 Å². The number of aromatic nitrogens is 2. The van der Waals surface area contributed by atoms with E-state index in [1.807, 2.05) is 4.90 Å². The van der Waals surface area contributed by atoms with E-state index in [2.05, 4.69) is 18.9 Å². The minimum atomic E-state index is -0.466. The van der Waals surface area contributed by atoms with Crippen molar-refractivity contribution >= 4 is 23.6 Å². The summed E-state index contributed by atoms with van der Waals surface area (Å²) in [7, 11) is 1.70. The highest BCUT2D eigenvalue weighted by molar-refractivity contribution is 6.33. The molecule has 2 saturated heterocycles. The van der Waals surface area contributed by atoms with E-state index < -0.39 is 5.60 Å². The number of hydrogen-bond donors (Lipinski definition) is 0. The summed E-state index contributed by atoms with van der Waals surface area (Å²) in [6, 6.07) is 0.185. The summed E-state index contributed by atoms with van der Waals surface area (Å²) >= 11 is 6.08. The Balaban J connectivity index is 1.64. The van der Waals surface area contributed by atoms with Gasteiger partial charge >= 0.3 is 6.09 Å². The van der Waals surface area contributed by atoms with E-state index in [1.54, 1.807) is 11.9 Å². The number of carbonyl (C=O) groups is 2. The zero-order valence-electron chi connectivity index (χ0n) is 15.0. The second-order valence-electron chi connectivity index (χ2n) is 7.07. The molecule has 3 rings (SSSR count). The highest BCUT2D eigenvalue weighted by Crippen LogP contribution is 2.35. The van der Waals surface area contributed by atoms with Crippen LogP contribution in [0.4, 0.5) is 4.79 Å². The molecule has 3 heterocycles. The van der Waals surface area contributed by atoms with Gasteiger partial charge in [0.25, 0.3) is 5.91 Å². The third-order valence-electron chi connectivity index (χ3n) is 5.29. The van der Waals surface area contributed by atoms with Gasteiger partial charge in [-0.3, -0.25) is 9.48 Å². The SMILES string of the molecule is CCC[C@@H](C)N1CC2(CCN(C(=O)c3c(Cl)cnn3C)CC2)OC1=O. The first-order chi connectivity index (χ1) is 11.9. The number of halogens is 1. The number of nitrogens with zero attached hydrogens (tertiary/aromatic N) is 4. The maximum absolute atomic E-state index is 12.7. The number of likely N-dealkylation sites (tertiary alicyclic amines) is 1. The van der Waals surface area contributed by atoms with Crippen LogP contribution < -0.4 is 0 Å². The molecule has 0 radical (unpaired) electrons. The summed E-state index contributed by atoms with van der Waals surface area (Å²) in [6.45, 7) is 5.88. The van der Waals surface area contributed by atoms with Crippen LogP contribution in [0.25, 0.3) is 0 Å². The number of carbonyl (C=O) groups excluding carboxylic acids is 2. The van der Waals surface area contributed by atoms with Gasteiger partial charge in [-0.05, 0) is 13.3 Å². The molecule has 2 aliphatic rings. The number of ether oxygens (including phenoxy) is 1. The Kier molecular flexibility index (Phi) is 4.95. The summed E-state index contributed by atoms with van der Waals surface area (Å²) in [5.41, 5.74) is -0.0641. The Hall–Kier alpha value is -1.76. The molecule has 0 bridgehead atoms. The molecule has 2 amide bonds. The molecule has 1 aromatic heterocycles. The number of aryl methyl sites for hydroxylation is 1. The lowest BCUT2D eigenvalue weighted by Crippen LogP contribution is -2.49. The van der Waals surface area contributed by atoms with Crippen molar-refractivity contribution in [2.75, 3.05) is 19.6 Å². The first-order valence-corrected chi connectivity index (χ1v) is 9.21. The van der Waals surface area contributed by atoms with Crippen molar-refractivity contribution in [3.05, 3.63) is 16.9 Å². The van der Waals surface area contributed by atoms with Gasteiger partial charge in [-0.2, -0.15) is 5.10 Å². The minimum absolute atomic E-state index is 0.125. The second kappa shape index (κ2) is 6.86. The number of piperidine rings is 1. The van der Waals surface area contributed by atoms with Crippen LogP contribution in [0.1, 0.15) is 50.0 Å². The van der Waals surface area contributed by atoms with E-state index in [-0.39, 0.29) is 18.0 Å². The van der Waals surface area contributed by atoms with Crippen LogP contribution in [-0.2, 0) is 11.8 Å². The van der Waals surface area contributed by atoms with Gasteiger partial charge in [-0.15, -0.1) is 0 Å². The highest BCUT2D eigenvalue weighted by Gasteiger charge is 2.48. The van der Waals surface area contributed by atoms with E-state index in [4.69, 9.17) is 16.3 Å². The molecule has 2 fully saturated rings. The lowest BCUT2D eigenvalue weighted by molar-refractivity contribution is 0.00278. The Morgan fingerprint density at radius 1 is 1.44 bits per heavy atom. The summed E-state index contributed by atoms with van der Waals surface area (Å²) in [5.74, 6) is -0.125. The Labute approximate surface area is 152 Å². The first-order valence-electron chi connectivity index (χ1n) is 8.83. The third kappa shape index (κ3) is 3.34. The van der Waals surface area contributed by atoms with Gasteiger partial charge in [0.15, 0.2) is 0 Å². The maximum atomic E-state index is 12.7. The van der Waals surface area contributed by atoms with E-state index in [0.717, 1.165) is 12.8 Å². The smallest absolute Gasteiger partial charge is 0.410 e. The monoisotopic (exact) mass is 368 g/mol. The summed E-state index contributed by atoms with van der Waals surface area (Å²) in [5, 5.41) is 4.38. The van der Waals surface area contributed by atoms with Crippen LogP contribution in [0.3, 0.4) is 0 Å². The van der Waals surface area contributed by atoms with Crippen LogP contribution in [0, 0.1) is 0 Å². The van der Waals surface area contributed by atoms with Gasteiger partial charge in [0.1, 0.15) is 11.3 Å². The molecular formula is C17H25ClN4O3. The largest absolute Gasteiger partial charge is 0.441 e. The summed E-state index contributed by atoms with van der Waals surface area (Å²) in [4.78, 5) is 28.5. The predicted molar refractivity (Wildman–Crippen MR) is 93.6 cm³/mol. The van der Waals surface area contributed by atoms with Crippen molar-refractivity contribution in [3.8, 4) is 0 Å². The average molecular weight is 369 g/mol. The molecule has 1 aromatic rings. The molecule has 0 unspecified atom stereocenters. The fraction of sp³-hybridized carbons (Fsp3) is 0.706. The molecule has 1 spiro atoms. The number of rotatable bonds is 4. The summed E-state index contributed by atoms with van der Waals surface area (Å²) < 4.78 is 7.24. The molecule has 25 heavy (non-hydrogen) atoms. The molecular weight excluding hydrogens is 344 g/mol.